The summed E-state index contributed by atoms with van der Waals surface area (Å²) in [5.41, 5.74) is 1.73. The smallest absolute Gasteiger partial charge is 0.354 e. The molecule has 0 bridgehead atoms. The largest absolute Gasteiger partial charge is 0.464 e. The number of carbonyl (C=O) groups excluding carboxylic acids is 1. The van der Waals surface area contributed by atoms with E-state index in [0.29, 0.717) is 5.69 Å². The predicted molar refractivity (Wildman–Crippen MR) is 87.2 cm³/mol. The van der Waals surface area contributed by atoms with Gasteiger partial charge in [-0.05, 0) is 36.7 Å². The van der Waals surface area contributed by atoms with Crippen molar-refractivity contribution in [2.45, 2.75) is 13.0 Å². The lowest BCUT2D eigenvalue weighted by Gasteiger charge is -2.02. The van der Waals surface area contributed by atoms with Gasteiger partial charge in [0.2, 0.25) is 0 Å². The number of ether oxygens (including phenoxy) is 1. The van der Waals surface area contributed by atoms with Crippen LogP contribution in [0.1, 0.15) is 20.9 Å². The number of rotatable bonds is 6. The van der Waals surface area contributed by atoms with E-state index < -0.39 is 0 Å². The van der Waals surface area contributed by atoms with Gasteiger partial charge in [-0.25, -0.2) is 4.79 Å². The third-order valence-electron chi connectivity index (χ3n) is 3.38. The van der Waals surface area contributed by atoms with Crippen LogP contribution in [-0.4, -0.2) is 29.6 Å². The minimum Gasteiger partial charge on any atom is -0.464 e. The van der Waals surface area contributed by atoms with Gasteiger partial charge >= 0.3 is 5.97 Å². The molecule has 0 amide bonds. The summed E-state index contributed by atoms with van der Waals surface area (Å²) in [6.45, 7) is 1.73. The number of hydrogen-bond donors (Lipinski definition) is 2. The molecule has 2 N–H and O–H groups in total. The SMILES string of the molecule is COC(=O)c1cc2cc(CNCCc3cccnc3)sc2[nH]1. The minimum atomic E-state index is -0.334. The van der Waals surface area contributed by atoms with E-state index in [-0.39, 0.29) is 5.97 Å². The Labute approximate surface area is 132 Å². The first-order valence-corrected chi connectivity index (χ1v) is 7.87. The number of aromatic nitrogens is 2. The lowest BCUT2D eigenvalue weighted by Crippen LogP contribution is -2.15. The Hall–Kier alpha value is -2.18. The number of hydrogen-bond acceptors (Lipinski definition) is 5. The van der Waals surface area contributed by atoms with Crippen LogP contribution in [0.5, 0.6) is 0 Å². The number of nitrogens with one attached hydrogen (secondary N) is 2. The number of carbonyl (C=O) groups is 1. The van der Waals surface area contributed by atoms with E-state index in [0.717, 1.165) is 29.7 Å². The molecule has 3 heterocycles. The summed E-state index contributed by atoms with van der Waals surface area (Å²) in [6, 6.07) is 7.96. The minimum absolute atomic E-state index is 0.334. The van der Waals surface area contributed by atoms with Crippen LogP contribution in [0.15, 0.2) is 36.7 Å². The van der Waals surface area contributed by atoms with Crippen molar-refractivity contribution in [3.05, 3.63) is 52.8 Å². The molecule has 3 aromatic heterocycles. The molecule has 114 valence electrons. The molecule has 0 spiro atoms. The summed E-state index contributed by atoms with van der Waals surface area (Å²) in [5, 5.41) is 4.48. The topological polar surface area (TPSA) is 67.0 Å². The van der Waals surface area contributed by atoms with Gasteiger partial charge in [-0.2, -0.15) is 0 Å². The Morgan fingerprint density at radius 2 is 2.36 bits per heavy atom. The summed E-state index contributed by atoms with van der Waals surface area (Å²) in [4.78, 5) is 20.9. The molecule has 22 heavy (non-hydrogen) atoms. The van der Waals surface area contributed by atoms with Gasteiger partial charge in [-0.3, -0.25) is 4.98 Å². The third-order valence-corrected chi connectivity index (χ3v) is 4.44. The van der Waals surface area contributed by atoms with Crippen molar-refractivity contribution >= 4 is 27.5 Å². The average Bonchev–Trinajstić information content (AvgIpc) is 3.10. The predicted octanol–water partition coefficient (Wildman–Crippen LogP) is 2.74. The molecular weight excluding hydrogens is 298 g/mol. The maximum atomic E-state index is 11.4. The number of nitrogens with zero attached hydrogens (tertiary/aromatic N) is 1. The molecule has 5 nitrogen and oxygen atoms in total. The molecule has 0 fully saturated rings. The van der Waals surface area contributed by atoms with Crippen molar-refractivity contribution in [3.63, 3.8) is 0 Å². The molecule has 3 aromatic rings. The Morgan fingerprint density at radius 1 is 1.45 bits per heavy atom. The summed E-state index contributed by atoms with van der Waals surface area (Å²) in [7, 11) is 1.38. The average molecular weight is 315 g/mol. The molecule has 0 aliphatic rings. The van der Waals surface area contributed by atoms with Crippen molar-refractivity contribution in [1.82, 2.24) is 15.3 Å². The summed E-state index contributed by atoms with van der Waals surface area (Å²) >= 11 is 1.65. The summed E-state index contributed by atoms with van der Waals surface area (Å²) in [6.07, 6.45) is 4.64. The van der Waals surface area contributed by atoms with E-state index in [4.69, 9.17) is 4.74 Å². The maximum absolute atomic E-state index is 11.4. The number of aromatic amines is 1. The number of H-pyrrole nitrogens is 1. The highest BCUT2D eigenvalue weighted by atomic mass is 32.1. The second kappa shape index (κ2) is 6.72. The van der Waals surface area contributed by atoms with Crippen LogP contribution >= 0.6 is 11.3 Å². The van der Waals surface area contributed by atoms with E-state index in [1.54, 1.807) is 17.5 Å². The first-order valence-electron chi connectivity index (χ1n) is 7.05. The van der Waals surface area contributed by atoms with Gasteiger partial charge in [0.1, 0.15) is 10.5 Å². The number of thiophene rings is 1. The van der Waals surface area contributed by atoms with Crippen molar-refractivity contribution in [3.8, 4) is 0 Å². The highest BCUT2D eigenvalue weighted by Crippen LogP contribution is 2.26. The van der Waals surface area contributed by atoms with E-state index in [1.165, 1.54) is 17.6 Å². The zero-order chi connectivity index (χ0) is 15.4. The normalized spacial score (nSPS) is 11.0. The zero-order valence-electron chi connectivity index (χ0n) is 12.3. The molecule has 0 atom stereocenters. The number of fused-ring (bicyclic) bond motifs is 1. The van der Waals surface area contributed by atoms with Crippen molar-refractivity contribution in [2.75, 3.05) is 13.7 Å². The molecule has 0 saturated carbocycles. The Bertz CT molecular complexity index is 733. The monoisotopic (exact) mass is 315 g/mol. The Kier molecular flexibility index (Phi) is 4.50. The maximum Gasteiger partial charge on any atom is 0.354 e. The number of methoxy groups -OCH3 is 1. The van der Waals surface area contributed by atoms with Crippen LogP contribution in [0.3, 0.4) is 0 Å². The number of esters is 1. The van der Waals surface area contributed by atoms with Crippen LogP contribution in [0.25, 0.3) is 10.2 Å². The number of pyridine rings is 1. The Balaban J connectivity index is 1.53. The van der Waals surface area contributed by atoms with Crippen molar-refractivity contribution in [1.29, 1.82) is 0 Å². The first kappa shape index (κ1) is 14.7. The van der Waals surface area contributed by atoms with E-state index >= 15 is 0 Å². The first-order chi connectivity index (χ1) is 10.8. The van der Waals surface area contributed by atoms with Crippen LogP contribution in [0.2, 0.25) is 0 Å². The van der Waals surface area contributed by atoms with Crippen molar-refractivity contribution in [2.24, 2.45) is 0 Å². The Morgan fingerprint density at radius 3 is 3.09 bits per heavy atom. The van der Waals surface area contributed by atoms with Gasteiger partial charge in [0.25, 0.3) is 0 Å². The fourth-order valence-corrected chi connectivity index (χ4v) is 3.29. The van der Waals surface area contributed by atoms with E-state index in [1.807, 2.05) is 18.3 Å². The van der Waals surface area contributed by atoms with Crippen LogP contribution in [0, 0.1) is 0 Å². The fourth-order valence-electron chi connectivity index (χ4n) is 2.27. The highest BCUT2D eigenvalue weighted by molar-refractivity contribution is 7.18. The van der Waals surface area contributed by atoms with Crippen LogP contribution < -0.4 is 5.32 Å². The summed E-state index contributed by atoms with van der Waals surface area (Å²) < 4.78 is 4.70. The molecule has 0 aromatic carbocycles. The van der Waals surface area contributed by atoms with Crippen LogP contribution in [-0.2, 0) is 17.7 Å². The molecule has 0 radical (unpaired) electrons. The fraction of sp³-hybridized carbons (Fsp3) is 0.250. The molecule has 6 heteroatoms. The van der Waals surface area contributed by atoms with Gasteiger partial charge in [-0.15, -0.1) is 11.3 Å². The van der Waals surface area contributed by atoms with Gasteiger partial charge in [-0.1, -0.05) is 6.07 Å². The molecular formula is C16H17N3O2S. The van der Waals surface area contributed by atoms with Crippen molar-refractivity contribution < 1.29 is 9.53 Å². The summed E-state index contributed by atoms with van der Waals surface area (Å²) in [5.74, 6) is -0.334. The van der Waals surface area contributed by atoms with Gasteiger partial charge in [0.15, 0.2) is 0 Å². The third kappa shape index (κ3) is 3.35. The molecule has 0 aliphatic heterocycles. The second-order valence-corrected chi connectivity index (χ2v) is 6.10. The standard InChI is InChI=1S/C16H17N3O2S/c1-21-16(20)14-8-12-7-13(22-15(12)19-14)10-18-6-4-11-3-2-5-17-9-11/h2-3,5,7-9,18-19H,4,6,10H2,1H3. The molecule has 0 unspecified atom stereocenters. The van der Waals surface area contributed by atoms with Gasteiger partial charge in [0.05, 0.1) is 7.11 Å². The quantitative estimate of drug-likeness (QED) is 0.542. The van der Waals surface area contributed by atoms with Gasteiger partial charge in [0, 0.05) is 29.2 Å². The zero-order valence-corrected chi connectivity index (χ0v) is 13.1. The van der Waals surface area contributed by atoms with E-state index in [9.17, 15) is 4.79 Å². The molecule has 0 saturated heterocycles. The lowest BCUT2D eigenvalue weighted by molar-refractivity contribution is 0.0595. The molecule has 3 rings (SSSR count). The second-order valence-electron chi connectivity index (χ2n) is 4.96. The van der Waals surface area contributed by atoms with E-state index in [2.05, 4.69) is 27.4 Å². The van der Waals surface area contributed by atoms with Gasteiger partial charge < -0.3 is 15.0 Å². The molecule has 0 aliphatic carbocycles. The highest BCUT2D eigenvalue weighted by Gasteiger charge is 2.11. The lowest BCUT2D eigenvalue weighted by atomic mass is 10.2. The van der Waals surface area contributed by atoms with Crippen LogP contribution in [0.4, 0.5) is 0 Å².